The molecule has 0 fully saturated rings. The second-order valence-corrected chi connectivity index (χ2v) is 5.42. The highest BCUT2D eigenvalue weighted by Crippen LogP contribution is 2.17. The standard InChI is InChI=1S/C19H22N2O2/c1-15-13-18(23-3)8-7-17(15)10-12-21(2)19(22)9-6-16-5-4-11-20-14-16/h4-9,11,13-14H,10,12H2,1-3H3/b9-6+. The van der Waals surface area contributed by atoms with Crippen molar-refractivity contribution < 1.29 is 9.53 Å². The van der Waals surface area contributed by atoms with Gasteiger partial charge in [0.2, 0.25) is 5.91 Å². The van der Waals surface area contributed by atoms with Gasteiger partial charge in [-0.05, 0) is 54.3 Å². The Morgan fingerprint density at radius 1 is 1.35 bits per heavy atom. The number of methoxy groups -OCH3 is 1. The van der Waals surface area contributed by atoms with Crippen LogP contribution in [0.1, 0.15) is 16.7 Å². The number of ether oxygens (including phenoxy) is 1. The Morgan fingerprint density at radius 2 is 2.17 bits per heavy atom. The lowest BCUT2D eigenvalue weighted by molar-refractivity contribution is -0.124. The van der Waals surface area contributed by atoms with E-state index >= 15 is 0 Å². The molecular formula is C19H22N2O2. The summed E-state index contributed by atoms with van der Waals surface area (Å²) in [5.74, 6) is 0.843. The number of amides is 1. The number of carbonyl (C=O) groups excluding carboxylic acids is 1. The van der Waals surface area contributed by atoms with E-state index in [1.54, 1.807) is 36.6 Å². The second kappa shape index (κ2) is 8.13. The van der Waals surface area contributed by atoms with Crippen molar-refractivity contribution in [2.45, 2.75) is 13.3 Å². The first-order chi connectivity index (χ1) is 11.1. The van der Waals surface area contributed by atoms with Crippen LogP contribution >= 0.6 is 0 Å². The Kier molecular flexibility index (Phi) is 5.92. The number of rotatable bonds is 6. The summed E-state index contributed by atoms with van der Waals surface area (Å²) in [7, 11) is 3.48. The van der Waals surface area contributed by atoms with Gasteiger partial charge in [0, 0.05) is 32.1 Å². The first-order valence-electron chi connectivity index (χ1n) is 7.57. The normalized spacial score (nSPS) is 10.7. The van der Waals surface area contributed by atoms with Crippen LogP contribution in [-0.4, -0.2) is 36.5 Å². The Morgan fingerprint density at radius 3 is 2.83 bits per heavy atom. The lowest BCUT2D eigenvalue weighted by atomic mass is 10.1. The van der Waals surface area contributed by atoms with Crippen LogP contribution in [0.4, 0.5) is 0 Å². The lowest BCUT2D eigenvalue weighted by Crippen LogP contribution is -2.27. The summed E-state index contributed by atoms with van der Waals surface area (Å²) in [5.41, 5.74) is 3.32. The van der Waals surface area contributed by atoms with Crippen LogP contribution < -0.4 is 4.74 Å². The topological polar surface area (TPSA) is 42.4 Å². The molecule has 4 heteroatoms. The van der Waals surface area contributed by atoms with E-state index in [2.05, 4.69) is 18.0 Å². The van der Waals surface area contributed by atoms with E-state index in [9.17, 15) is 4.79 Å². The van der Waals surface area contributed by atoms with Gasteiger partial charge < -0.3 is 9.64 Å². The van der Waals surface area contributed by atoms with Crippen LogP contribution in [0.25, 0.3) is 6.08 Å². The molecule has 1 heterocycles. The quantitative estimate of drug-likeness (QED) is 0.770. The first-order valence-corrected chi connectivity index (χ1v) is 7.57. The molecule has 1 aromatic carbocycles. The summed E-state index contributed by atoms with van der Waals surface area (Å²) < 4.78 is 5.21. The number of pyridine rings is 1. The molecule has 1 aromatic heterocycles. The maximum atomic E-state index is 12.1. The average Bonchev–Trinajstić information content (AvgIpc) is 2.59. The zero-order valence-electron chi connectivity index (χ0n) is 13.8. The van der Waals surface area contributed by atoms with Gasteiger partial charge in [-0.1, -0.05) is 12.1 Å². The first kappa shape index (κ1) is 16.7. The molecule has 0 aliphatic carbocycles. The van der Waals surface area contributed by atoms with Gasteiger partial charge in [-0.3, -0.25) is 9.78 Å². The van der Waals surface area contributed by atoms with Crippen LogP contribution in [0.15, 0.2) is 48.8 Å². The van der Waals surface area contributed by atoms with E-state index in [0.717, 1.165) is 17.7 Å². The summed E-state index contributed by atoms with van der Waals surface area (Å²) >= 11 is 0. The molecule has 23 heavy (non-hydrogen) atoms. The van der Waals surface area contributed by atoms with Crippen molar-refractivity contribution in [1.29, 1.82) is 0 Å². The second-order valence-electron chi connectivity index (χ2n) is 5.42. The van der Waals surface area contributed by atoms with E-state index in [4.69, 9.17) is 4.74 Å². The highest BCUT2D eigenvalue weighted by Gasteiger charge is 2.07. The van der Waals surface area contributed by atoms with Crippen LogP contribution in [-0.2, 0) is 11.2 Å². The van der Waals surface area contributed by atoms with Gasteiger partial charge in [-0.15, -0.1) is 0 Å². The van der Waals surface area contributed by atoms with Gasteiger partial charge in [0.15, 0.2) is 0 Å². The minimum atomic E-state index is -0.0139. The minimum Gasteiger partial charge on any atom is -0.497 e. The molecule has 1 amide bonds. The number of aromatic nitrogens is 1. The van der Waals surface area contributed by atoms with Crippen molar-refractivity contribution in [3.63, 3.8) is 0 Å². The fourth-order valence-corrected chi connectivity index (χ4v) is 2.24. The number of hydrogen-bond donors (Lipinski definition) is 0. The van der Waals surface area contributed by atoms with E-state index in [0.29, 0.717) is 6.54 Å². The molecule has 0 atom stereocenters. The lowest BCUT2D eigenvalue weighted by Gasteiger charge is -2.16. The van der Waals surface area contributed by atoms with E-state index in [1.165, 1.54) is 11.1 Å². The number of nitrogens with zero attached hydrogens (tertiary/aromatic N) is 2. The number of likely N-dealkylation sites (N-methyl/N-ethyl adjacent to an activating group) is 1. The van der Waals surface area contributed by atoms with Crippen LogP contribution in [0, 0.1) is 6.92 Å². The molecular weight excluding hydrogens is 288 g/mol. The van der Waals surface area contributed by atoms with Crippen molar-refractivity contribution >= 4 is 12.0 Å². The van der Waals surface area contributed by atoms with Gasteiger partial charge in [0.1, 0.15) is 5.75 Å². The molecule has 4 nitrogen and oxygen atoms in total. The highest BCUT2D eigenvalue weighted by atomic mass is 16.5. The van der Waals surface area contributed by atoms with Crippen molar-refractivity contribution in [3.8, 4) is 5.75 Å². The number of aryl methyl sites for hydroxylation is 1. The van der Waals surface area contributed by atoms with Crippen molar-refractivity contribution in [2.24, 2.45) is 0 Å². The molecule has 0 radical (unpaired) electrons. The Bertz CT molecular complexity index is 681. The molecule has 0 unspecified atom stereocenters. The van der Waals surface area contributed by atoms with Crippen LogP contribution in [0.2, 0.25) is 0 Å². The largest absolute Gasteiger partial charge is 0.497 e. The number of carbonyl (C=O) groups is 1. The fraction of sp³-hybridized carbons (Fsp3) is 0.263. The predicted octanol–water partition coefficient (Wildman–Crippen LogP) is 3.11. The maximum Gasteiger partial charge on any atom is 0.246 e. The predicted molar refractivity (Wildman–Crippen MR) is 92.3 cm³/mol. The van der Waals surface area contributed by atoms with Crippen LogP contribution in [0.5, 0.6) is 5.75 Å². The van der Waals surface area contributed by atoms with Gasteiger partial charge in [0.25, 0.3) is 0 Å². The SMILES string of the molecule is COc1ccc(CCN(C)C(=O)/C=C/c2cccnc2)c(C)c1. The number of hydrogen-bond acceptors (Lipinski definition) is 3. The summed E-state index contributed by atoms with van der Waals surface area (Å²) in [6.07, 6.45) is 7.62. The number of benzene rings is 1. The third-order valence-electron chi connectivity index (χ3n) is 3.75. The van der Waals surface area contributed by atoms with E-state index in [1.807, 2.05) is 31.3 Å². The third kappa shape index (κ3) is 4.95. The monoisotopic (exact) mass is 310 g/mol. The Labute approximate surface area is 137 Å². The third-order valence-corrected chi connectivity index (χ3v) is 3.75. The summed E-state index contributed by atoms with van der Waals surface area (Å²) in [6, 6.07) is 9.78. The fourth-order valence-electron chi connectivity index (χ4n) is 2.24. The van der Waals surface area contributed by atoms with Gasteiger partial charge in [0.05, 0.1) is 7.11 Å². The summed E-state index contributed by atoms with van der Waals surface area (Å²) in [5, 5.41) is 0. The molecule has 0 saturated carbocycles. The molecule has 0 saturated heterocycles. The van der Waals surface area contributed by atoms with E-state index < -0.39 is 0 Å². The Hall–Kier alpha value is -2.62. The maximum absolute atomic E-state index is 12.1. The minimum absolute atomic E-state index is 0.0139. The van der Waals surface area contributed by atoms with Gasteiger partial charge in [-0.2, -0.15) is 0 Å². The molecule has 0 spiro atoms. The van der Waals surface area contributed by atoms with Crippen LogP contribution in [0.3, 0.4) is 0 Å². The van der Waals surface area contributed by atoms with Gasteiger partial charge in [-0.25, -0.2) is 0 Å². The zero-order valence-corrected chi connectivity index (χ0v) is 13.8. The molecule has 0 bridgehead atoms. The summed E-state index contributed by atoms with van der Waals surface area (Å²) in [6.45, 7) is 2.73. The highest BCUT2D eigenvalue weighted by molar-refractivity contribution is 5.91. The molecule has 120 valence electrons. The summed E-state index contributed by atoms with van der Waals surface area (Å²) in [4.78, 5) is 17.9. The van der Waals surface area contributed by atoms with E-state index in [-0.39, 0.29) is 5.91 Å². The smallest absolute Gasteiger partial charge is 0.246 e. The average molecular weight is 310 g/mol. The van der Waals surface area contributed by atoms with Crippen molar-refractivity contribution in [1.82, 2.24) is 9.88 Å². The molecule has 0 N–H and O–H groups in total. The van der Waals surface area contributed by atoms with Gasteiger partial charge >= 0.3 is 0 Å². The van der Waals surface area contributed by atoms with Crippen molar-refractivity contribution in [2.75, 3.05) is 20.7 Å². The molecule has 0 aliphatic rings. The zero-order chi connectivity index (χ0) is 16.7. The molecule has 2 rings (SSSR count). The van der Waals surface area contributed by atoms with Crippen molar-refractivity contribution in [3.05, 3.63) is 65.5 Å². The molecule has 2 aromatic rings. The molecule has 0 aliphatic heterocycles. The Balaban J connectivity index is 1.90.